The van der Waals surface area contributed by atoms with Crippen LogP contribution in [-0.2, 0) is 0 Å². The van der Waals surface area contributed by atoms with Crippen LogP contribution in [0.5, 0.6) is 0 Å². The molecule has 0 aromatic heterocycles. The van der Waals surface area contributed by atoms with Crippen LogP contribution in [0.3, 0.4) is 0 Å². The average molecular weight is 483 g/mol. The molecule has 0 saturated heterocycles. The molecule has 0 N–H and O–H groups in total. The molecule has 4 heteroatoms. The molecular formula is C6H2I3Si. The van der Waals surface area contributed by atoms with E-state index in [1.165, 1.54) is 15.9 Å². The third kappa shape index (κ3) is 2.06. The fourth-order valence-electron chi connectivity index (χ4n) is 0.527. The Kier molecular flexibility index (Phi) is 3.92. The van der Waals surface area contributed by atoms with Crippen LogP contribution < -0.4 is 5.19 Å². The minimum atomic E-state index is 1.20. The van der Waals surface area contributed by atoms with E-state index in [0.717, 1.165) is 0 Å². The van der Waals surface area contributed by atoms with Gasteiger partial charge in [0.1, 0.15) is 0 Å². The van der Waals surface area contributed by atoms with Gasteiger partial charge < -0.3 is 0 Å². The molecule has 0 aliphatic rings. The molecule has 0 atom stereocenters. The highest BCUT2D eigenvalue weighted by Crippen LogP contribution is 2.14. The summed E-state index contributed by atoms with van der Waals surface area (Å²) in [6.45, 7) is 0. The Balaban J connectivity index is 3.34. The van der Waals surface area contributed by atoms with Crippen molar-refractivity contribution >= 4 is 83.2 Å². The van der Waals surface area contributed by atoms with Gasteiger partial charge in [0.2, 0.25) is 0 Å². The van der Waals surface area contributed by atoms with Crippen molar-refractivity contribution in [2.75, 3.05) is 0 Å². The Morgan fingerprint density at radius 1 is 1.00 bits per heavy atom. The van der Waals surface area contributed by atoms with Crippen molar-refractivity contribution in [2.24, 2.45) is 0 Å². The molecule has 1 aromatic carbocycles. The summed E-state index contributed by atoms with van der Waals surface area (Å²) in [6.07, 6.45) is 0. The molecule has 51 valence electrons. The largest absolute Gasteiger partial charge is 0.0742 e. The highest BCUT2D eigenvalue weighted by atomic mass is 127. The van der Waals surface area contributed by atoms with Crippen LogP contribution in [0.1, 0.15) is 0 Å². The van der Waals surface area contributed by atoms with E-state index < -0.39 is 0 Å². The van der Waals surface area contributed by atoms with E-state index in [0.29, 0.717) is 0 Å². The average Bonchev–Trinajstić information content (AvgIpc) is 1.93. The van der Waals surface area contributed by atoms with E-state index in [4.69, 9.17) is 0 Å². The molecule has 3 radical (unpaired) electrons. The molecule has 1 rings (SSSR count). The lowest BCUT2D eigenvalue weighted by atomic mass is 10.4. The van der Waals surface area contributed by atoms with Crippen molar-refractivity contribution in [1.82, 2.24) is 0 Å². The highest BCUT2D eigenvalue weighted by Gasteiger charge is 2.01. The maximum Gasteiger partial charge on any atom is 0.0742 e. The third-order valence-electron chi connectivity index (χ3n) is 1.04. The molecule has 0 fully saturated rings. The van der Waals surface area contributed by atoms with Crippen LogP contribution in [0.4, 0.5) is 0 Å². The Morgan fingerprint density at radius 3 is 2.00 bits per heavy atom. The fourth-order valence-corrected chi connectivity index (χ4v) is 2.88. The van der Waals surface area contributed by atoms with Crippen LogP contribution in [0.2, 0.25) is 0 Å². The van der Waals surface area contributed by atoms with Crippen molar-refractivity contribution in [1.29, 1.82) is 0 Å². The first-order valence-electron chi connectivity index (χ1n) is 2.48. The first-order chi connectivity index (χ1) is 4.63. The van der Waals surface area contributed by atoms with E-state index in [1.54, 1.807) is 0 Å². The van der Waals surface area contributed by atoms with Gasteiger partial charge in [0, 0.05) is 10.7 Å². The van der Waals surface area contributed by atoms with Gasteiger partial charge in [0.05, 0.1) is 10.2 Å². The summed E-state index contributed by atoms with van der Waals surface area (Å²) in [5.41, 5.74) is 0. The van der Waals surface area contributed by atoms with E-state index in [1.807, 2.05) is 0 Å². The Morgan fingerprint density at radius 2 is 1.50 bits per heavy atom. The second-order valence-corrected chi connectivity index (χ2v) is 5.62. The normalized spacial score (nSPS) is 10.0. The number of hydrogen-bond donors (Lipinski definition) is 0. The zero-order chi connectivity index (χ0) is 7.72. The topological polar surface area (TPSA) is 0 Å². The van der Waals surface area contributed by atoms with Gasteiger partial charge in [0.25, 0.3) is 0 Å². The Bertz CT molecular complexity index is 232. The maximum absolute atomic E-state index is 3.56. The highest BCUT2D eigenvalue weighted by molar-refractivity contribution is 14.1. The molecule has 0 bridgehead atoms. The number of hydrogen-bond acceptors (Lipinski definition) is 0. The monoisotopic (exact) mass is 483 g/mol. The van der Waals surface area contributed by atoms with E-state index in [2.05, 4.69) is 90.1 Å². The zero-order valence-electron chi connectivity index (χ0n) is 4.79. The quantitative estimate of drug-likeness (QED) is 0.302. The second-order valence-electron chi connectivity index (χ2n) is 1.72. The van der Waals surface area contributed by atoms with Gasteiger partial charge in [-0.25, -0.2) is 0 Å². The van der Waals surface area contributed by atoms with E-state index in [-0.39, 0.29) is 0 Å². The van der Waals surface area contributed by atoms with Crippen molar-refractivity contribution in [3.63, 3.8) is 0 Å². The summed E-state index contributed by atoms with van der Waals surface area (Å²) in [4.78, 5) is 0. The smallest absolute Gasteiger partial charge is 0.0479 e. The lowest BCUT2D eigenvalue weighted by Gasteiger charge is -2.02. The zero-order valence-corrected chi connectivity index (χ0v) is 12.3. The van der Waals surface area contributed by atoms with Crippen LogP contribution in [-0.4, -0.2) is 10.2 Å². The second kappa shape index (κ2) is 4.03. The lowest BCUT2D eigenvalue weighted by molar-refractivity contribution is 1.60. The predicted octanol–water partition coefficient (Wildman–Crippen LogP) is 2.29. The van der Waals surface area contributed by atoms with Crippen LogP contribution in [0, 0.1) is 10.7 Å². The fraction of sp³-hybridized carbons (Fsp3) is 0. The lowest BCUT2D eigenvalue weighted by Crippen LogP contribution is -2.12. The minimum absolute atomic E-state index is 1.20. The van der Waals surface area contributed by atoms with Gasteiger partial charge in [-0.3, -0.25) is 0 Å². The van der Waals surface area contributed by atoms with Gasteiger partial charge in [0.15, 0.2) is 0 Å². The molecule has 10 heavy (non-hydrogen) atoms. The van der Waals surface area contributed by atoms with Gasteiger partial charge in [-0.1, -0.05) is 0 Å². The maximum atomic E-state index is 3.56. The predicted molar refractivity (Wildman–Crippen MR) is 70.0 cm³/mol. The van der Waals surface area contributed by atoms with Crippen molar-refractivity contribution in [2.45, 2.75) is 0 Å². The Labute approximate surface area is 104 Å². The van der Waals surface area contributed by atoms with Gasteiger partial charge in [-0.05, 0) is 85.1 Å². The number of rotatable bonds is 0. The van der Waals surface area contributed by atoms with E-state index >= 15 is 0 Å². The molecular weight excluding hydrogens is 481 g/mol. The molecule has 0 nitrogen and oxygen atoms in total. The van der Waals surface area contributed by atoms with Crippen molar-refractivity contribution in [3.8, 4) is 0 Å². The van der Waals surface area contributed by atoms with Crippen LogP contribution in [0.25, 0.3) is 0 Å². The summed E-state index contributed by atoms with van der Waals surface area (Å²) in [6, 6.07) is 4.22. The van der Waals surface area contributed by atoms with Crippen molar-refractivity contribution < 1.29 is 0 Å². The SMILES string of the molecule is [Si]c1c(I)ccc(I)c1I. The van der Waals surface area contributed by atoms with Crippen LogP contribution >= 0.6 is 67.8 Å². The minimum Gasteiger partial charge on any atom is -0.0479 e. The van der Waals surface area contributed by atoms with Gasteiger partial charge in [-0.2, -0.15) is 0 Å². The third-order valence-corrected chi connectivity index (χ3v) is 6.53. The molecule has 0 aliphatic carbocycles. The molecule has 0 spiro atoms. The summed E-state index contributed by atoms with van der Waals surface area (Å²) in [5.74, 6) is 0. The van der Waals surface area contributed by atoms with E-state index in [9.17, 15) is 0 Å². The molecule has 1 aromatic rings. The molecule has 0 heterocycles. The first-order valence-corrected chi connectivity index (χ1v) is 6.21. The van der Waals surface area contributed by atoms with Gasteiger partial charge >= 0.3 is 0 Å². The Hall–Kier alpha value is 1.63. The first kappa shape index (κ1) is 9.71. The van der Waals surface area contributed by atoms with Gasteiger partial charge in [-0.15, -0.1) is 0 Å². The van der Waals surface area contributed by atoms with Crippen molar-refractivity contribution in [3.05, 3.63) is 22.8 Å². The summed E-state index contributed by atoms with van der Waals surface area (Å²) in [7, 11) is 3.56. The summed E-state index contributed by atoms with van der Waals surface area (Å²) < 4.78 is 3.85. The number of halogens is 3. The molecule has 0 amide bonds. The molecule has 0 aliphatic heterocycles. The molecule has 0 unspecified atom stereocenters. The summed E-state index contributed by atoms with van der Waals surface area (Å²) in [5, 5.41) is 1.20. The summed E-state index contributed by atoms with van der Waals surface area (Å²) >= 11 is 6.97. The number of benzene rings is 1. The molecule has 0 saturated carbocycles. The van der Waals surface area contributed by atoms with Crippen LogP contribution in [0.15, 0.2) is 12.1 Å². The standard InChI is InChI=1S/C6H2I3Si/c7-3-1-2-4(8)6(10)5(3)9/h1-2H.